The van der Waals surface area contributed by atoms with Gasteiger partial charge < -0.3 is 9.52 Å². The van der Waals surface area contributed by atoms with Crippen molar-refractivity contribution in [2.75, 3.05) is 0 Å². The minimum absolute atomic E-state index is 0.0987. The van der Waals surface area contributed by atoms with Gasteiger partial charge in [0.2, 0.25) is 5.88 Å². The molecule has 0 saturated heterocycles. The first kappa shape index (κ1) is 16.5. The molecule has 0 aliphatic carbocycles. The van der Waals surface area contributed by atoms with Gasteiger partial charge in [-0.1, -0.05) is 24.3 Å². The van der Waals surface area contributed by atoms with E-state index in [2.05, 4.69) is 9.40 Å². The van der Waals surface area contributed by atoms with Gasteiger partial charge >= 0.3 is 5.76 Å². The average molecular weight is 361 g/mol. The second-order valence-electron chi connectivity index (χ2n) is 5.97. The van der Waals surface area contributed by atoms with Crippen molar-refractivity contribution in [1.29, 1.82) is 5.26 Å². The molecule has 2 aromatic carbocycles. The van der Waals surface area contributed by atoms with Gasteiger partial charge in [-0.25, -0.2) is 18.7 Å². The van der Waals surface area contributed by atoms with Crippen LogP contribution in [0.1, 0.15) is 11.3 Å². The Kier molecular flexibility index (Phi) is 3.94. The minimum Gasteiger partial charge on any atom is -0.492 e. The van der Waals surface area contributed by atoms with Crippen molar-refractivity contribution >= 4 is 10.9 Å². The normalized spacial score (nSPS) is 10.8. The van der Waals surface area contributed by atoms with Crippen LogP contribution in [0.3, 0.4) is 0 Å². The number of nitriles is 1. The van der Waals surface area contributed by atoms with E-state index < -0.39 is 5.76 Å². The van der Waals surface area contributed by atoms with Crippen LogP contribution in [0.2, 0.25) is 0 Å². The van der Waals surface area contributed by atoms with Crippen LogP contribution in [0, 0.1) is 17.1 Å². The van der Waals surface area contributed by atoms with E-state index in [0.29, 0.717) is 11.1 Å². The number of benzene rings is 2. The summed E-state index contributed by atoms with van der Waals surface area (Å²) in [5.74, 6) is -1.28. The Labute approximate surface area is 152 Å². The SMILES string of the molecule is N#Cc1cc(-c2ccc(F)cc2)c2ccc(Cn3c(O)coc3=O)cc2n1. The molecule has 1 N–H and O–H groups in total. The molecule has 132 valence electrons. The number of pyridine rings is 1. The van der Waals surface area contributed by atoms with Crippen molar-refractivity contribution in [3.05, 3.63) is 82.4 Å². The van der Waals surface area contributed by atoms with Crippen molar-refractivity contribution < 1.29 is 13.9 Å². The van der Waals surface area contributed by atoms with Crippen LogP contribution in [0.25, 0.3) is 22.0 Å². The highest BCUT2D eigenvalue weighted by Gasteiger charge is 2.11. The highest BCUT2D eigenvalue weighted by Crippen LogP contribution is 2.29. The molecule has 6 nitrogen and oxygen atoms in total. The molecule has 0 fully saturated rings. The number of aromatic nitrogens is 2. The molecule has 0 amide bonds. The Balaban J connectivity index is 1.85. The fraction of sp³-hybridized carbons (Fsp3) is 0.0500. The molecule has 0 spiro atoms. The Morgan fingerprint density at radius 1 is 1.19 bits per heavy atom. The fourth-order valence-corrected chi connectivity index (χ4v) is 2.95. The van der Waals surface area contributed by atoms with Crippen molar-refractivity contribution in [3.63, 3.8) is 0 Å². The lowest BCUT2D eigenvalue weighted by Gasteiger charge is -2.10. The van der Waals surface area contributed by atoms with E-state index in [4.69, 9.17) is 0 Å². The first-order valence-electron chi connectivity index (χ1n) is 8.02. The molecule has 4 aromatic rings. The maximum absolute atomic E-state index is 13.2. The Bertz CT molecular complexity index is 1250. The maximum atomic E-state index is 13.2. The monoisotopic (exact) mass is 361 g/mol. The lowest BCUT2D eigenvalue weighted by Crippen LogP contribution is -2.14. The molecule has 0 unspecified atom stereocenters. The van der Waals surface area contributed by atoms with E-state index in [1.807, 2.05) is 12.1 Å². The minimum atomic E-state index is -0.668. The molecule has 2 heterocycles. The molecule has 0 saturated carbocycles. The van der Waals surface area contributed by atoms with Gasteiger partial charge in [0.05, 0.1) is 12.1 Å². The predicted octanol–water partition coefficient (Wildman–Crippen LogP) is 3.42. The average Bonchev–Trinajstić information content (AvgIpc) is 2.99. The van der Waals surface area contributed by atoms with Crippen molar-refractivity contribution in [1.82, 2.24) is 9.55 Å². The molecule has 4 rings (SSSR count). The summed E-state index contributed by atoms with van der Waals surface area (Å²) in [7, 11) is 0. The first-order chi connectivity index (χ1) is 13.0. The molecule has 27 heavy (non-hydrogen) atoms. The highest BCUT2D eigenvalue weighted by atomic mass is 19.1. The quantitative estimate of drug-likeness (QED) is 0.604. The topological polar surface area (TPSA) is 92.0 Å². The van der Waals surface area contributed by atoms with Crippen LogP contribution in [0.15, 0.2) is 64.0 Å². The molecule has 0 aliphatic heterocycles. The van der Waals surface area contributed by atoms with E-state index >= 15 is 0 Å². The summed E-state index contributed by atoms with van der Waals surface area (Å²) in [6, 6.07) is 15.0. The van der Waals surface area contributed by atoms with Crippen LogP contribution in [0.5, 0.6) is 5.88 Å². The summed E-state index contributed by atoms with van der Waals surface area (Å²) in [4.78, 5) is 15.9. The van der Waals surface area contributed by atoms with Crippen LogP contribution in [-0.4, -0.2) is 14.7 Å². The number of oxazole rings is 1. The molecular weight excluding hydrogens is 349 g/mol. The second-order valence-corrected chi connectivity index (χ2v) is 5.97. The zero-order valence-electron chi connectivity index (χ0n) is 13.9. The van der Waals surface area contributed by atoms with Gasteiger partial charge in [0.1, 0.15) is 17.6 Å². The van der Waals surface area contributed by atoms with E-state index in [9.17, 15) is 19.6 Å². The summed E-state index contributed by atoms with van der Waals surface area (Å²) >= 11 is 0. The number of fused-ring (bicyclic) bond motifs is 1. The fourth-order valence-electron chi connectivity index (χ4n) is 2.95. The zero-order chi connectivity index (χ0) is 19.0. The molecular formula is C20H12FN3O3. The highest BCUT2D eigenvalue weighted by molar-refractivity contribution is 5.95. The lowest BCUT2D eigenvalue weighted by molar-refractivity contribution is 0.421. The number of hydrogen-bond donors (Lipinski definition) is 1. The van der Waals surface area contributed by atoms with Crippen molar-refractivity contribution in [3.8, 4) is 23.1 Å². The number of aromatic hydroxyl groups is 1. The molecule has 7 heteroatoms. The summed E-state index contributed by atoms with van der Waals surface area (Å²) in [5.41, 5.74) is 3.00. The number of halogens is 1. The molecule has 0 radical (unpaired) electrons. The van der Waals surface area contributed by atoms with Gasteiger partial charge in [-0.15, -0.1) is 0 Å². The van der Waals surface area contributed by atoms with Crippen molar-refractivity contribution in [2.24, 2.45) is 0 Å². The van der Waals surface area contributed by atoms with Crippen molar-refractivity contribution in [2.45, 2.75) is 6.54 Å². The Morgan fingerprint density at radius 3 is 2.63 bits per heavy atom. The van der Waals surface area contributed by atoms with Crippen LogP contribution >= 0.6 is 0 Å². The van der Waals surface area contributed by atoms with E-state index in [1.165, 1.54) is 12.1 Å². The standard InChI is InChI=1S/C20H12FN3O3/c21-14-4-2-13(3-5-14)17-8-15(9-22)23-18-7-12(1-6-16(17)18)10-24-19(25)11-27-20(24)26/h1-8,11,25H,10H2. The molecule has 0 aliphatic rings. The first-order valence-corrected chi connectivity index (χ1v) is 8.02. The number of nitrogens with zero attached hydrogens (tertiary/aromatic N) is 3. The zero-order valence-corrected chi connectivity index (χ0v) is 13.9. The predicted molar refractivity (Wildman–Crippen MR) is 95.6 cm³/mol. The number of hydrogen-bond acceptors (Lipinski definition) is 5. The van der Waals surface area contributed by atoms with E-state index in [1.54, 1.807) is 30.3 Å². The van der Waals surface area contributed by atoms with E-state index in [-0.39, 0.29) is 23.9 Å². The van der Waals surface area contributed by atoms with Crippen LogP contribution in [0.4, 0.5) is 4.39 Å². The summed E-state index contributed by atoms with van der Waals surface area (Å²) in [6.07, 6.45) is 0.974. The van der Waals surface area contributed by atoms with Crippen LogP contribution in [-0.2, 0) is 6.54 Å². The largest absolute Gasteiger partial charge is 0.492 e. The Morgan fingerprint density at radius 2 is 1.96 bits per heavy atom. The third-order valence-electron chi connectivity index (χ3n) is 4.25. The van der Waals surface area contributed by atoms with Gasteiger partial charge in [0.25, 0.3) is 0 Å². The number of rotatable bonds is 3. The molecule has 0 atom stereocenters. The lowest BCUT2D eigenvalue weighted by atomic mass is 9.99. The third kappa shape index (κ3) is 3.04. The summed E-state index contributed by atoms with van der Waals surface area (Å²) in [6.45, 7) is 0.0987. The molecule has 0 bridgehead atoms. The van der Waals surface area contributed by atoms with Gasteiger partial charge in [-0.3, -0.25) is 0 Å². The summed E-state index contributed by atoms with van der Waals surface area (Å²) < 4.78 is 19.0. The smallest absolute Gasteiger partial charge is 0.422 e. The van der Waals surface area contributed by atoms with E-state index in [0.717, 1.165) is 27.3 Å². The Hall–Kier alpha value is -3.92. The van der Waals surface area contributed by atoms with Gasteiger partial charge in [0, 0.05) is 5.39 Å². The van der Waals surface area contributed by atoms with Gasteiger partial charge in [-0.2, -0.15) is 5.26 Å². The van der Waals surface area contributed by atoms with Gasteiger partial charge in [0.15, 0.2) is 6.26 Å². The summed E-state index contributed by atoms with van der Waals surface area (Å²) in [5, 5.41) is 19.8. The molecule has 2 aromatic heterocycles. The van der Waals surface area contributed by atoms with Crippen LogP contribution < -0.4 is 5.76 Å². The second kappa shape index (κ2) is 6.42. The maximum Gasteiger partial charge on any atom is 0.422 e. The third-order valence-corrected chi connectivity index (χ3v) is 4.25. The van der Waals surface area contributed by atoms with Gasteiger partial charge in [-0.05, 0) is 41.0 Å².